The monoisotopic (exact) mass is 732 g/mol. The van der Waals surface area contributed by atoms with Crippen LogP contribution in [0.1, 0.15) is 27.5 Å². The van der Waals surface area contributed by atoms with Gasteiger partial charge in [0.25, 0.3) is 0 Å². The maximum absolute atomic E-state index is 14.6. The first kappa shape index (κ1) is 36.3. The highest BCUT2D eigenvalue weighted by Gasteiger charge is 2.42. The lowest BCUT2D eigenvalue weighted by molar-refractivity contribution is -0.123. The van der Waals surface area contributed by atoms with Gasteiger partial charge < -0.3 is 56.3 Å². The van der Waals surface area contributed by atoms with Crippen LogP contribution in [0.25, 0.3) is 0 Å². The molecule has 0 aliphatic carbocycles. The quantitative estimate of drug-likeness (QED) is 0.113. The van der Waals surface area contributed by atoms with Gasteiger partial charge in [0.15, 0.2) is 17.3 Å². The van der Waals surface area contributed by atoms with E-state index in [1.54, 1.807) is 0 Å². The van der Waals surface area contributed by atoms with E-state index in [9.17, 15) is 58.2 Å². The number of imide groups is 1. The summed E-state index contributed by atoms with van der Waals surface area (Å²) in [6.45, 7) is -0.268. The van der Waals surface area contributed by atoms with Crippen molar-refractivity contribution < 1.29 is 62.9 Å². The number of rotatable bonds is 9. The molecule has 3 aromatic carbocycles. The zero-order valence-corrected chi connectivity index (χ0v) is 26.8. The van der Waals surface area contributed by atoms with Crippen molar-refractivity contribution in [1.29, 1.82) is 0 Å². The molecule has 268 valence electrons. The Balaban J connectivity index is 1.29. The zero-order valence-electron chi connectivity index (χ0n) is 26.0. The Morgan fingerprint density at radius 2 is 1.78 bits per heavy atom. The standard InChI is InChI=1S/C30H28BClF2N6O11/c32-21-16(12-18(34)23(42)24(21)43)22(26(44)37-19-10-13-4-5-17(33)20(27(45)46)25(13)51-31(19)50)38-29(48)40-9-8-39(30(40)49)7-6-35-28(47)36-14-2-1-3-15(41)11-14/h1-5,11-12,19,22,41-43,50H,6-10H2,(H,37,44)(H,38,48)(H,45,46)(H2,35,36,47)/t19-,22?/m0/s1. The summed E-state index contributed by atoms with van der Waals surface area (Å²) in [5, 5.41) is 58.4. The lowest BCUT2D eigenvalue weighted by Crippen LogP contribution is -2.56. The average molecular weight is 733 g/mol. The summed E-state index contributed by atoms with van der Waals surface area (Å²) >= 11 is 6.13. The van der Waals surface area contributed by atoms with Gasteiger partial charge in [-0.05, 0) is 36.2 Å². The summed E-state index contributed by atoms with van der Waals surface area (Å²) in [5.41, 5.74) is -1.01. The number of phenols is 3. The molecule has 2 atom stereocenters. The molecule has 3 aromatic rings. The van der Waals surface area contributed by atoms with Crippen molar-refractivity contribution in [2.24, 2.45) is 0 Å². The smallest absolute Gasteiger partial charge is 0.534 e. The van der Waals surface area contributed by atoms with Crippen LogP contribution in [-0.4, -0.2) is 104 Å². The van der Waals surface area contributed by atoms with Crippen molar-refractivity contribution in [1.82, 2.24) is 25.8 Å². The lowest BCUT2D eigenvalue weighted by atomic mass is 9.72. The van der Waals surface area contributed by atoms with Gasteiger partial charge in [-0.2, -0.15) is 0 Å². The summed E-state index contributed by atoms with van der Waals surface area (Å²) in [6.07, 6.45) is -0.300. The number of phenolic OH excluding ortho intramolecular Hbond substituents is 3. The van der Waals surface area contributed by atoms with E-state index in [1.165, 1.54) is 35.2 Å². The number of amides is 7. The number of hydrogen-bond donors (Lipinski definition) is 9. The minimum atomic E-state index is -1.98. The van der Waals surface area contributed by atoms with Gasteiger partial charge in [-0.15, -0.1) is 0 Å². The first-order chi connectivity index (χ1) is 24.2. The first-order valence-electron chi connectivity index (χ1n) is 15.0. The number of carbonyl (C=O) groups is 5. The van der Waals surface area contributed by atoms with Crippen LogP contribution < -0.4 is 25.9 Å². The van der Waals surface area contributed by atoms with E-state index >= 15 is 0 Å². The van der Waals surface area contributed by atoms with Crippen LogP contribution in [-0.2, 0) is 11.2 Å². The van der Waals surface area contributed by atoms with Crippen LogP contribution >= 0.6 is 11.6 Å². The minimum Gasteiger partial charge on any atom is -0.534 e. The number of hydrogen-bond acceptors (Lipinski definition) is 10. The maximum Gasteiger partial charge on any atom is 0.547 e. The van der Waals surface area contributed by atoms with E-state index in [-0.39, 0.29) is 43.9 Å². The molecule has 9 N–H and O–H groups in total. The van der Waals surface area contributed by atoms with Gasteiger partial charge in [-0.1, -0.05) is 23.7 Å². The number of halogens is 3. The minimum absolute atomic E-state index is 0.0122. The van der Waals surface area contributed by atoms with Crippen LogP contribution in [0.5, 0.6) is 23.0 Å². The second-order valence-corrected chi connectivity index (χ2v) is 11.6. The molecule has 7 amide bonds. The number of carboxylic acid groups (broad SMARTS) is 1. The number of anilines is 1. The van der Waals surface area contributed by atoms with Gasteiger partial charge in [0.05, 0.1) is 11.0 Å². The highest BCUT2D eigenvalue weighted by atomic mass is 35.5. The predicted molar refractivity (Wildman–Crippen MR) is 172 cm³/mol. The Kier molecular flexibility index (Phi) is 10.6. The summed E-state index contributed by atoms with van der Waals surface area (Å²) in [4.78, 5) is 65.8. The molecule has 2 aliphatic rings. The molecule has 2 aliphatic heterocycles. The summed E-state index contributed by atoms with van der Waals surface area (Å²) in [5.74, 6) is -9.73. The molecule has 0 saturated carbocycles. The van der Waals surface area contributed by atoms with Crippen LogP contribution in [0.3, 0.4) is 0 Å². The van der Waals surface area contributed by atoms with E-state index in [1.807, 2.05) is 0 Å². The molecule has 2 heterocycles. The van der Waals surface area contributed by atoms with Gasteiger partial charge >= 0.3 is 31.2 Å². The number of urea groups is 3. The Morgan fingerprint density at radius 1 is 1.04 bits per heavy atom. The normalized spacial score (nSPS) is 15.8. The van der Waals surface area contributed by atoms with E-state index in [0.29, 0.717) is 16.7 Å². The number of aromatic carboxylic acids is 1. The summed E-state index contributed by atoms with van der Waals surface area (Å²) in [7, 11) is -1.94. The molecule has 51 heavy (non-hydrogen) atoms. The van der Waals surface area contributed by atoms with E-state index in [0.717, 1.165) is 6.07 Å². The highest BCUT2D eigenvalue weighted by Crippen LogP contribution is 2.40. The molecule has 1 saturated heterocycles. The summed E-state index contributed by atoms with van der Waals surface area (Å²) in [6, 6.07) is 3.75. The van der Waals surface area contributed by atoms with Gasteiger partial charge in [0.2, 0.25) is 5.91 Å². The number of fused-ring (bicyclic) bond motifs is 1. The van der Waals surface area contributed by atoms with Crippen molar-refractivity contribution >= 4 is 54.4 Å². The van der Waals surface area contributed by atoms with Crippen molar-refractivity contribution in [3.05, 3.63) is 75.8 Å². The third-order valence-electron chi connectivity index (χ3n) is 7.90. The number of benzene rings is 3. The Hall–Kier alpha value is -6.02. The molecule has 1 fully saturated rings. The first-order valence-corrected chi connectivity index (χ1v) is 15.3. The molecule has 17 nitrogen and oxygen atoms in total. The number of nitrogens with one attached hydrogen (secondary N) is 4. The Labute approximate surface area is 291 Å². The van der Waals surface area contributed by atoms with Gasteiger partial charge in [-0.3, -0.25) is 4.79 Å². The van der Waals surface area contributed by atoms with Crippen LogP contribution in [0.15, 0.2) is 42.5 Å². The number of carbonyl (C=O) groups excluding carboxylic acids is 4. The molecule has 0 aromatic heterocycles. The maximum atomic E-state index is 14.6. The van der Waals surface area contributed by atoms with Gasteiger partial charge in [0.1, 0.15) is 28.9 Å². The largest absolute Gasteiger partial charge is 0.547 e. The molecule has 21 heteroatoms. The third-order valence-corrected chi connectivity index (χ3v) is 8.30. The number of aromatic hydroxyl groups is 3. The zero-order chi connectivity index (χ0) is 37.1. The molecule has 5 rings (SSSR count). The fraction of sp³-hybridized carbons (Fsp3) is 0.233. The molecule has 0 radical (unpaired) electrons. The predicted octanol–water partition coefficient (Wildman–Crippen LogP) is 1.88. The molecule has 0 bridgehead atoms. The Morgan fingerprint density at radius 3 is 2.49 bits per heavy atom. The molecule has 0 spiro atoms. The van der Waals surface area contributed by atoms with E-state index < -0.39 is 94.1 Å². The Bertz CT molecular complexity index is 1920. The fourth-order valence-electron chi connectivity index (χ4n) is 5.39. The van der Waals surface area contributed by atoms with Crippen molar-refractivity contribution in [3.63, 3.8) is 0 Å². The van der Waals surface area contributed by atoms with Crippen LogP contribution in [0, 0.1) is 11.6 Å². The van der Waals surface area contributed by atoms with Crippen molar-refractivity contribution in [2.75, 3.05) is 31.5 Å². The average Bonchev–Trinajstić information content (AvgIpc) is 3.44. The SMILES string of the molecule is O=C(NCCN1CCN(C(=O)NC(C(=O)N[C@H]2Cc3ccc(F)c(C(=O)O)c3OB2O)c2cc(F)c(O)c(O)c2Cl)C1=O)Nc1cccc(O)c1. The van der Waals surface area contributed by atoms with Crippen molar-refractivity contribution in [2.45, 2.75) is 18.4 Å². The second-order valence-electron chi connectivity index (χ2n) is 11.2. The van der Waals surface area contributed by atoms with Gasteiger partial charge in [0, 0.05) is 43.5 Å². The van der Waals surface area contributed by atoms with Crippen molar-refractivity contribution in [3.8, 4) is 23.0 Å². The van der Waals surface area contributed by atoms with Gasteiger partial charge in [-0.25, -0.2) is 32.9 Å². The molecule has 1 unspecified atom stereocenters. The third kappa shape index (κ3) is 7.76. The topological polar surface area (TPSA) is 250 Å². The highest BCUT2D eigenvalue weighted by molar-refractivity contribution is 6.47. The fourth-order valence-corrected chi connectivity index (χ4v) is 5.64. The van der Waals surface area contributed by atoms with Crippen LogP contribution in [0.4, 0.5) is 28.9 Å². The second kappa shape index (κ2) is 14.8. The molecular formula is C30H28BClF2N6O11. The lowest BCUT2D eigenvalue weighted by Gasteiger charge is -2.31. The molecular weight excluding hydrogens is 705 g/mol. The van der Waals surface area contributed by atoms with E-state index in [2.05, 4.69) is 21.3 Å². The number of carboxylic acids is 1. The summed E-state index contributed by atoms with van der Waals surface area (Å²) < 4.78 is 34.0. The van der Waals surface area contributed by atoms with Crippen LogP contribution in [0.2, 0.25) is 5.02 Å². The van der Waals surface area contributed by atoms with E-state index in [4.69, 9.17) is 16.3 Å². The number of nitrogens with zero attached hydrogens (tertiary/aromatic N) is 2.